The van der Waals surface area contributed by atoms with E-state index in [1.807, 2.05) is 6.07 Å². The summed E-state index contributed by atoms with van der Waals surface area (Å²) in [5.41, 5.74) is 1.40. The summed E-state index contributed by atoms with van der Waals surface area (Å²) in [6.45, 7) is 0. The lowest BCUT2D eigenvalue weighted by molar-refractivity contribution is -0.114. The zero-order valence-electron chi connectivity index (χ0n) is 11.2. The van der Waals surface area contributed by atoms with Gasteiger partial charge in [0.2, 0.25) is 5.78 Å². The lowest BCUT2D eigenvalue weighted by Crippen LogP contribution is -2.35. The Labute approximate surface area is 117 Å². The number of aryl methyl sites for hydroxylation is 1. The number of hydrogen-bond acceptors (Lipinski definition) is 4. The van der Waals surface area contributed by atoms with Crippen molar-refractivity contribution >= 4 is 5.78 Å². The minimum absolute atomic E-state index is 0.226. The molecule has 1 atom stereocenters. The normalized spacial score (nSPS) is 24.9. The Balaban J connectivity index is 2.23. The first-order valence-electron chi connectivity index (χ1n) is 6.61. The van der Waals surface area contributed by atoms with Crippen molar-refractivity contribution < 1.29 is 19.7 Å². The Bertz CT molecular complexity index is 642. The fourth-order valence-corrected chi connectivity index (χ4v) is 3.26. The lowest BCUT2D eigenvalue weighted by Gasteiger charge is -2.39. The monoisotopic (exact) mass is 272 g/mol. The Morgan fingerprint density at radius 3 is 2.85 bits per heavy atom. The highest BCUT2D eigenvalue weighted by molar-refractivity contribution is 6.04. The van der Waals surface area contributed by atoms with Gasteiger partial charge in [-0.05, 0) is 48.6 Å². The SMILES string of the molecule is COC1=CC(=O)C(O)=C[C@@]12CCCc1cc(O)ccc12. The van der Waals surface area contributed by atoms with Crippen LogP contribution >= 0.6 is 0 Å². The van der Waals surface area contributed by atoms with E-state index in [1.54, 1.807) is 18.2 Å². The molecule has 3 rings (SSSR count). The molecule has 1 aromatic rings. The maximum atomic E-state index is 11.6. The molecule has 2 aliphatic carbocycles. The molecule has 0 aliphatic heterocycles. The molecule has 0 amide bonds. The van der Waals surface area contributed by atoms with Crippen molar-refractivity contribution in [2.75, 3.05) is 7.11 Å². The molecule has 20 heavy (non-hydrogen) atoms. The van der Waals surface area contributed by atoms with Crippen molar-refractivity contribution in [1.29, 1.82) is 0 Å². The van der Waals surface area contributed by atoms with Crippen LogP contribution < -0.4 is 0 Å². The second-order valence-corrected chi connectivity index (χ2v) is 5.27. The van der Waals surface area contributed by atoms with Crippen LogP contribution in [0.15, 0.2) is 41.9 Å². The largest absolute Gasteiger partial charge is 0.508 e. The molecular formula is C16H16O4. The van der Waals surface area contributed by atoms with Gasteiger partial charge in [-0.2, -0.15) is 0 Å². The number of phenols is 1. The van der Waals surface area contributed by atoms with Crippen molar-refractivity contribution in [2.45, 2.75) is 24.7 Å². The number of aromatic hydroxyl groups is 1. The summed E-state index contributed by atoms with van der Waals surface area (Å²) < 4.78 is 5.41. The number of aliphatic hydroxyl groups excluding tert-OH is 1. The average Bonchev–Trinajstić information content (AvgIpc) is 2.43. The zero-order valence-corrected chi connectivity index (χ0v) is 11.2. The second-order valence-electron chi connectivity index (χ2n) is 5.27. The van der Waals surface area contributed by atoms with E-state index in [4.69, 9.17) is 4.74 Å². The van der Waals surface area contributed by atoms with Gasteiger partial charge in [0.25, 0.3) is 0 Å². The number of phenolic OH excluding ortho intramolecular Hbond substituents is 1. The summed E-state index contributed by atoms with van der Waals surface area (Å²) in [5, 5.41) is 19.5. The average molecular weight is 272 g/mol. The van der Waals surface area contributed by atoms with Gasteiger partial charge in [0.05, 0.1) is 12.5 Å². The molecule has 1 aromatic carbocycles. The highest BCUT2D eigenvalue weighted by Crippen LogP contribution is 2.47. The van der Waals surface area contributed by atoms with Crippen LogP contribution in [0.3, 0.4) is 0 Å². The number of carbonyl (C=O) groups excluding carboxylic acids is 1. The second kappa shape index (κ2) is 4.40. The summed E-state index contributed by atoms with van der Waals surface area (Å²) in [7, 11) is 1.53. The minimum atomic E-state index is -0.603. The Hall–Kier alpha value is -2.23. The predicted molar refractivity (Wildman–Crippen MR) is 73.5 cm³/mol. The summed E-state index contributed by atoms with van der Waals surface area (Å²) in [6.07, 6.45) is 5.47. The highest BCUT2D eigenvalue weighted by Gasteiger charge is 2.43. The van der Waals surface area contributed by atoms with E-state index in [-0.39, 0.29) is 11.5 Å². The first kappa shape index (κ1) is 12.8. The van der Waals surface area contributed by atoms with E-state index in [0.29, 0.717) is 5.76 Å². The molecule has 2 N–H and O–H groups in total. The number of aliphatic hydroxyl groups is 1. The van der Waals surface area contributed by atoms with E-state index < -0.39 is 11.2 Å². The third-order valence-corrected chi connectivity index (χ3v) is 4.14. The number of allylic oxidation sites excluding steroid dienone is 2. The molecule has 1 spiro atoms. The van der Waals surface area contributed by atoms with Gasteiger partial charge in [0, 0.05) is 6.08 Å². The van der Waals surface area contributed by atoms with Gasteiger partial charge in [0.1, 0.15) is 11.5 Å². The number of fused-ring (bicyclic) bond motifs is 2. The first-order chi connectivity index (χ1) is 9.56. The summed E-state index contributed by atoms with van der Waals surface area (Å²) in [4.78, 5) is 11.6. The lowest BCUT2D eigenvalue weighted by atomic mass is 9.66. The molecule has 0 radical (unpaired) electrons. The molecule has 0 saturated carbocycles. The van der Waals surface area contributed by atoms with Gasteiger partial charge < -0.3 is 14.9 Å². The van der Waals surface area contributed by atoms with Crippen molar-refractivity contribution in [3.8, 4) is 5.75 Å². The molecule has 0 fully saturated rings. The molecule has 4 nitrogen and oxygen atoms in total. The van der Waals surface area contributed by atoms with Gasteiger partial charge in [-0.15, -0.1) is 0 Å². The van der Waals surface area contributed by atoms with Crippen LogP contribution in [0.1, 0.15) is 24.0 Å². The van der Waals surface area contributed by atoms with E-state index in [2.05, 4.69) is 0 Å². The standard InChI is InChI=1S/C16H16O4/c1-20-15-8-13(18)14(19)9-16(15)6-2-3-10-7-11(17)4-5-12(10)16/h4-5,7-9,17,19H,2-3,6H2,1H3/t16-/m1/s1. The number of rotatable bonds is 1. The quantitative estimate of drug-likeness (QED) is 0.824. The molecule has 0 saturated heterocycles. The number of methoxy groups -OCH3 is 1. The van der Waals surface area contributed by atoms with Crippen LogP contribution in [-0.4, -0.2) is 23.1 Å². The van der Waals surface area contributed by atoms with Crippen molar-refractivity contribution in [3.63, 3.8) is 0 Å². The van der Waals surface area contributed by atoms with Gasteiger partial charge >= 0.3 is 0 Å². The van der Waals surface area contributed by atoms with E-state index in [1.165, 1.54) is 13.2 Å². The molecule has 104 valence electrons. The van der Waals surface area contributed by atoms with Crippen molar-refractivity contribution in [1.82, 2.24) is 0 Å². The summed E-state index contributed by atoms with van der Waals surface area (Å²) >= 11 is 0. The van der Waals surface area contributed by atoms with Crippen LogP contribution in [0.5, 0.6) is 5.75 Å². The van der Waals surface area contributed by atoms with Crippen LogP contribution in [-0.2, 0) is 21.4 Å². The predicted octanol–water partition coefficient (Wildman–Crippen LogP) is 2.52. The number of ketones is 1. The third-order valence-electron chi connectivity index (χ3n) is 4.14. The van der Waals surface area contributed by atoms with Gasteiger partial charge in [-0.3, -0.25) is 4.79 Å². The van der Waals surface area contributed by atoms with Crippen molar-refractivity contribution in [2.24, 2.45) is 0 Å². The summed E-state index contributed by atoms with van der Waals surface area (Å²) in [6, 6.07) is 5.21. The molecule has 0 aromatic heterocycles. The van der Waals surface area contributed by atoms with Gasteiger partial charge in [0.15, 0.2) is 5.76 Å². The fraction of sp³-hybridized carbons (Fsp3) is 0.312. The molecule has 4 heteroatoms. The Kier molecular flexibility index (Phi) is 2.82. The van der Waals surface area contributed by atoms with Crippen LogP contribution in [0.4, 0.5) is 0 Å². The Morgan fingerprint density at radius 1 is 1.30 bits per heavy atom. The third kappa shape index (κ3) is 1.72. The van der Waals surface area contributed by atoms with Gasteiger partial charge in [-0.25, -0.2) is 0 Å². The highest BCUT2D eigenvalue weighted by atomic mass is 16.5. The van der Waals surface area contributed by atoms with E-state index in [0.717, 1.165) is 30.4 Å². The maximum Gasteiger partial charge on any atom is 0.223 e. The zero-order chi connectivity index (χ0) is 14.3. The van der Waals surface area contributed by atoms with Crippen LogP contribution in [0.25, 0.3) is 0 Å². The minimum Gasteiger partial charge on any atom is -0.508 e. The van der Waals surface area contributed by atoms with E-state index in [9.17, 15) is 15.0 Å². The molecular weight excluding hydrogens is 256 g/mol. The van der Waals surface area contributed by atoms with E-state index >= 15 is 0 Å². The molecule has 0 heterocycles. The fourth-order valence-electron chi connectivity index (χ4n) is 3.26. The number of ether oxygens (including phenoxy) is 1. The van der Waals surface area contributed by atoms with Gasteiger partial charge in [-0.1, -0.05) is 6.07 Å². The van der Waals surface area contributed by atoms with Crippen LogP contribution in [0.2, 0.25) is 0 Å². The first-order valence-corrected chi connectivity index (χ1v) is 6.61. The Morgan fingerprint density at radius 2 is 2.10 bits per heavy atom. The molecule has 0 unspecified atom stereocenters. The number of carbonyl (C=O) groups is 1. The maximum absolute atomic E-state index is 11.6. The molecule has 0 bridgehead atoms. The summed E-state index contributed by atoms with van der Waals surface area (Å²) in [5.74, 6) is 0.0980. The van der Waals surface area contributed by atoms with Crippen molar-refractivity contribution in [3.05, 3.63) is 53.0 Å². The molecule has 2 aliphatic rings. The smallest absolute Gasteiger partial charge is 0.223 e. The van der Waals surface area contributed by atoms with Crippen LogP contribution in [0, 0.1) is 0 Å². The number of hydrogen-bond donors (Lipinski definition) is 2. The number of benzene rings is 1. The topological polar surface area (TPSA) is 66.8 Å².